The van der Waals surface area contributed by atoms with E-state index in [-0.39, 0.29) is 42.0 Å². The first kappa shape index (κ1) is 29.7. The molecule has 1 aliphatic rings. The molecule has 0 aromatic heterocycles. The van der Waals surface area contributed by atoms with Crippen molar-refractivity contribution in [2.75, 3.05) is 19.3 Å². The van der Waals surface area contributed by atoms with Crippen molar-refractivity contribution >= 4 is 39.8 Å². The fraction of sp³-hybridized carbons (Fsp3) is 0.250. The van der Waals surface area contributed by atoms with Gasteiger partial charge < -0.3 is 20.8 Å². The van der Waals surface area contributed by atoms with Crippen LogP contribution in [0.4, 0.5) is 4.39 Å². The van der Waals surface area contributed by atoms with Crippen LogP contribution in [0.25, 0.3) is 17.2 Å². The van der Waals surface area contributed by atoms with Gasteiger partial charge in [-0.2, -0.15) is 0 Å². The molecule has 9 heteroatoms. The molecule has 0 saturated heterocycles. The van der Waals surface area contributed by atoms with E-state index in [4.69, 9.17) is 0 Å². The Morgan fingerprint density at radius 1 is 0.902 bits per heavy atom. The van der Waals surface area contributed by atoms with Crippen molar-refractivity contribution in [3.05, 3.63) is 94.3 Å². The van der Waals surface area contributed by atoms with Gasteiger partial charge in [0.1, 0.15) is 5.82 Å². The van der Waals surface area contributed by atoms with Gasteiger partial charge in [0.15, 0.2) is 11.5 Å². The summed E-state index contributed by atoms with van der Waals surface area (Å²) < 4.78 is 25.9. The van der Waals surface area contributed by atoms with Gasteiger partial charge in [0.05, 0.1) is 6.42 Å². The predicted molar refractivity (Wildman–Crippen MR) is 159 cm³/mol. The van der Waals surface area contributed by atoms with Crippen LogP contribution < -0.4 is 10.6 Å². The molecule has 4 rings (SSSR count). The minimum atomic E-state index is -1.07. The van der Waals surface area contributed by atoms with E-state index in [0.717, 1.165) is 38.3 Å². The van der Waals surface area contributed by atoms with Gasteiger partial charge in [-0.15, -0.1) is 0 Å². The predicted octanol–water partition coefficient (Wildman–Crippen LogP) is 4.95. The first-order valence-corrected chi connectivity index (χ1v) is 14.9. The van der Waals surface area contributed by atoms with Crippen LogP contribution in [0.15, 0.2) is 71.1 Å². The quantitative estimate of drug-likeness (QED) is 0.191. The lowest BCUT2D eigenvalue weighted by Gasteiger charge is -2.09. The molecule has 0 heterocycles. The number of phenolic OH excluding ortho intramolecular Hbond substituents is 2. The maximum absolute atomic E-state index is 14.2. The van der Waals surface area contributed by atoms with E-state index in [9.17, 15) is 28.4 Å². The van der Waals surface area contributed by atoms with Crippen LogP contribution in [0.2, 0.25) is 0 Å². The Morgan fingerprint density at radius 2 is 1.63 bits per heavy atom. The highest BCUT2D eigenvalue weighted by Crippen LogP contribution is 2.43. The smallest absolute Gasteiger partial charge is 0.224 e. The number of phenols is 2. The second-order valence-electron chi connectivity index (χ2n) is 9.93. The monoisotopic (exact) mass is 576 g/mol. The number of hydrogen-bond donors (Lipinski definition) is 4. The Balaban J connectivity index is 1.31. The molecule has 0 radical (unpaired) electrons. The van der Waals surface area contributed by atoms with E-state index >= 15 is 0 Å². The SMILES string of the molecule is CC1=C(CC(=O)NCCCC(=O)NCCc2ccc(O)c(O)c2)c2cc(F)ccc2/C1=C/c1ccc(S(C)=O)cc1. The number of aromatic hydroxyl groups is 2. The maximum Gasteiger partial charge on any atom is 0.224 e. The summed E-state index contributed by atoms with van der Waals surface area (Å²) in [6, 6.07) is 16.5. The summed E-state index contributed by atoms with van der Waals surface area (Å²) >= 11 is 0. The third kappa shape index (κ3) is 7.70. The summed E-state index contributed by atoms with van der Waals surface area (Å²) in [7, 11) is -1.07. The molecule has 4 N–H and O–H groups in total. The normalized spacial score (nSPS) is 14.2. The van der Waals surface area contributed by atoms with Gasteiger partial charge in [-0.05, 0) is 101 Å². The summed E-state index contributed by atoms with van der Waals surface area (Å²) in [5.74, 6) is -1.12. The Hall–Kier alpha value is -4.24. The fourth-order valence-electron chi connectivity index (χ4n) is 4.76. The Labute approximate surface area is 241 Å². The second kappa shape index (κ2) is 13.4. The summed E-state index contributed by atoms with van der Waals surface area (Å²) in [6.07, 6.45) is 4.91. The first-order chi connectivity index (χ1) is 19.6. The minimum Gasteiger partial charge on any atom is -0.504 e. The molecule has 0 aliphatic heterocycles. The zero-order valence-electron chi connectivity index (χ0n) is 23.0. The van der Waals surface area contributed by atoms with Gasteiger partial charge in [0.2, 0.25) is 11.8 Å². The molecule has 1 aliphatic carbocycles. The van der Waals surface area contributed by atoms with Crippen molar-refractivity contribution in [1.29, 1.82) is 0 Å². The van der Waals surface area contributed by atoms with Crippen molar-refractivity contribution in [3.8, 4) is 11.5 Å². The van der Waals surface area contributed by atoms with Gasteiger partial charge in [0, 0.05) is 41.5 Å². The molecule has 0 saturated carbocycles. The van der Waals surface area contributed by atoms with E-state index in [0.29, 0.717) is 31.5 Å². The van der Waals surface area contributed by atoms with Crippen LogP contribution in [0.1, 0.15) is 48.4 Å². The third-order valence-electron chi connectivity index (χ3n) is 6.99. The molecule has 214 valence electrons. The third-order valence-corrected chi connectivity index (χ3v) is 7.93. The molecule has 0 bridgehead atoms. The highest BCUT2D eigenvalue weighted by atomic mass is 32.2. The Kier molecular flexibility index (Phi) is 9.73. The number of hydrogen-bond acceptors (Lipinski definition) is 5. The van der Waals surface area contributed by atoms with Crippen molar-refractivity contribution < 1.29 is 28.4 Å². The molecule has 7 nitrogen and oxygen atoms in total. The first-order valence-electron chi connectivity index (χ1n) is 13.3. The lowest BCUT2D eigenvalue weighted by atomic mass is 10.0. The number of carbonyl (C=O) groups excluding carboxylic acids is 2. The Bertz CT molecular complexity index is 1550. The van der Waals surface area contributed by atoms with Crippen molar-refractivity contribution in [1.82, 2.24) is 10.6 Å². The standard InChI is InChI=1S/C32H33FN2O5S/c1-20-26(16-21-5-9-24(10-6-21)41(2)40)25-11-8-23(33)18-28(25)27(20)19-32(39)34-14-3-4-31(38)35-15-13-22-7-12-29(36)30(37)17-22/h5-12,16-18,36-37H,3-4,13-15,19H2,1-2H3,(H,34,39)(H,35,38)/b26-16+. The van der Waals surface area contributed by atoms with Crippen LogP contribution in [-0.4, -0.2) is 45.6 Å². The molecular weight excluding hydrogens is 543 g/mol. The molecule has 3 aromatic rings. The molecule has 0 spiro atoms. The number of benzene rings is 3. The number of halogens is 1. The van der Waals surface area contributed by atoms with E-state index < -0.39 is 10.8 Å². The molecule has 0 fully saturated rings. The lowest BCUT2D eigenvalue weighted by Crippen LogP contribution is -2.28. The molecular formula is C32H33FN2O5S. The number of fused-ring (bicyclic) bond motifs is 1. The van der Waals surface area contributed by atoms with Gasteiger partial charge in [-0.1, -0.05) is 24.3 Å². The maximum atomic E-state index is 14.2. The molecule has 1 atom stereocenters. The van der Waals surface area contributed by atoms with Crippen LogP contribution in [0.5, 0.6) is 11.5 Å². The zero-order valence-corrected chi connectivity index (χ0v) is 23.8. The number of nitrogens with one attached hydrogen (secondary N) is 2. The topological polar surface area (TPSA) is 116 Å². The largest absolute Gasteiger partial charge is 0.504 e. The zero-order chi connectivity index (χ0) is 29.5. The van der Waals surface area contributed by atoms with Gasteiger partial charge in [-0.25, -0.2) is 4.39 Å². The van der Waals surface area contributed by atoms with Crippen LogP contribution >= 0.6 is 0 Å². The molecule has 1 unspecified atom stereocenters. The summed E-state index contributed by atoms with van der Waals surface area (Å²) in [6.45, 7) is 2.64. The Morgan fingerprint density at radius 3 is 2.34 bits per heavy atom. The van der Waals surface area contributed by atoms with Crippen LogP contribution in [0, 0.1) is 5.82 Å². The summed E-state index contributed by atoms with van der Waals surface area (Å²) in [5.41, 5.74) is 5.81. The summed E-state index contributed by atoms with van der Waals surface area (Å²) in [4.78, 5) is 25.7. The average Bonchev–Trinajstić information content (AvgIpc) is 3.18. The number of rotatable bonds is 11. The summed E-state index contributed by atoms with van der Waals surface area (Å²) in [5, 5.41) is 24.6. The lowest BCUT2D eigenvalue weighted by molar-refractivity contribution is -0.122. The van der Waals surface area contributed by atoms with E-state index in [1.54, 1.807) is 18.4 Å². The van der Waals surface area contributed by atoms with Crippen LogP contribution in [0.3, 0.4) is 0 Å². The van der Waals surface area contributed by atoms with Crippen LogP contribution in [-0.2, 0) is 26.8 Å². The van der Waals surface area contributed by atoms with Crippen molar-refractivity contribution in [2.45, 2.75) is 37.5 Å². The van der Waals surface area contributed by atoms with E-state index in [2.05, 4.69) is 10.6 Å². The van der Waals surface area contributed by atoms with Crippen molar-refractivity contribution in [3.63, 3.8) is 0 Å². The molecule has 41 heavy (non-hydrogen) atoms. The van der Waals surface area contributed by atoms with Gasteiger partial charge in [0.25, 0.3) is 0 Å². The second-order valence-corrected chi connectivity index (χ2v) is 11.3. The minimum absolute atomic E-state index is 0.0824. The number of carbonyl (C=O) groups is 2. The fourth-order valence-corrected chi connectivity index (χ4v) is 5.28. The highest BCUT2D eigenvalue weighted by molar-refractivity contribution is 7.84. The number of amides is 2. The number of allylic oxidation sites excluding steroid dienone is 2. The van der Waals surface area contributed by atoms with E-state index in [1.165, 1.54) is 24.3 Å². The average molecular weight is 577 g/mol. The van der Waals surface area contributed by atoms with Gasteiger partial charge in [-0.3, -0.25) is 13.8 Å². The van der Waals surface area contributed by atoms with Gasteiger partial charge >= 0.3 is 0 Å². The molecule has 3 aromatic carbocycles. The van der Waals surface area contributed by atoms with Crippen molar-refractivity contribution in [2.24, 2.45) is 0 Å². The van der Waals surface area contributed by atoms with E-state index in [1.807, 2.05) is 37.3 Å². The molecule has 2 amide bonds. The highest BCUT2D eigenvalue weighted by Gasteiger charge is 2.25.